The highest BCUT2D eigenvalue weighted by molar-refractivity contribution is 7.19. The van der Waals surface area contributed by atoms with Gasteiger partial charge in [0.1, 0.15) is 13.1 Å². The Morgan fingerprint density at radius 1 is 0.784 bits per heavy atom. The lowest BCUT2D eigenvalue weighted by atomic mass is 10.1. The van der Waals surface area contributed by atoms with Crippen molar-refractivity contribution in [1.82, 2.24) is 0 Å². The standard InChI is InChI=1S/C33H36N3Si/c1-3-35(4-2)26-18-20-30-32(24-26)37(28-14-8-5-9-15-28,29-16-10-6-11-17-29)33-25-27(19-21-31(33)34-30)36-22-12-7-13-23-36/h5-6,8-11,14-21,24-25H,3-4,7,12-13,22-23H2,1-2H3/q+1. The summed E-state index contributed by atoms with van der Waals surface area (Å²) in [7, 11) is -2.62. The molecule has 0 aromatic heterocycles. The van der Waals surface area contributed by atoms with Crippen LogP contribution in [0.4, 0.5) is 11.4 Å². The molecule has 4 heteroatoms. The molecule has 37 heavy (non-hydrogen) atoms. The molecule has 0 N–H and O–H groups in total. The third-order valence-corrected chi connectivity index (χ3v) is 13.1. The average Bonchev–Trinajstić information content (AvgIpc) is 2.98. The lowest BCUT2D eigenvalue weighted by Gasteiger charge is -2.41. The molecule has 2 heterocycles. The van der Waals surface area contributed by atoms with Crippen molar-refractivity contribution >= 4 is 46.4 Å². The highest BCUT2D eigenvalue weighted by Crippen LogP contribution is 2.33. The molecule has 6 rings (SSSR count). The fraction of sp³-hybridized carbons (Fsp3) is 0.273. The second kappa shape index (κ2) is 10.1. The van der Waals surface area contributed by atoms with Gasteiger partial charge < -0.3 is 4.90 Å². The van der Waals surface area contributed by atoms with Crippen LogP contribution in [0.3, 0.4) is 0 Å². The molecule has 1 saturated heterocycles. The van der Waals surface area contributed by atoms with Crippen LogP contribution in [0.5, 0.6) is 0 Å². The molecule has 2 aliphatic heterocycles. The summed E-state index contributed by atoms with van der Waals surface area (Å²) in [5, 5.41) is 5.66. The van der Waals surface area contributed by atoms with Gasteiger partial charge in [0, 0.05) is 30.9 Å². The first kappa shape index (κ1) is 23.9. The minimum absolute atomic E-state index is 0.993. The van der Waals surface area contributed by atoms with E-state index in [0.717, 1.165) is 37.6 Å². The number of benzene rings is 3. The smallest absolute Gasteiger partial charge is 0.199 e. The Hall–Kier alpha value is -3.50. The Morgan fingerprint density at radius 2 is 1.43 bits per heavy atom. The van der Waals surface area contributed by atoms with E-state index < -0.39 is 8.07 Å². The summed E-state index contributed by atoms with van der Waals surface area (Å²) in [6.45, 7) is 8.76. The second-order valence-corrected chi connectivity index (χ2v) is 13.9. The Balaban J connectivity index is 1.70. The van der Waals surface area contributed by atoms with Gasteiger partial charge in [-0.05, 0) is 78.1 Å². The van der Waals surface area contributed by atoms with Crippen molar-refractivity contribution in [1.29, 1.82) is 0 Å². The average molecular weight is 503 g/mol. The maximum Gasteiger partial charge on any atom is 0.199 e. The van der Waals surface area contributed by atoms with Crippen LogP contribution in [-0.2, 0) is 0 Å². The number of allylic oxidation sites excluding steroid dienone is 4. The first-order chi connectivity index (χ1) is 18.3. The minimum atomic E-state index is -2.62. The largest absolute Gasteiger partial charge is 0.372 e. The van der Waals surface area contributed by atoms with E-state index in [0.29, 0.717) is 0 Å². The van der Waals surface area contributed by atoms with Crippen molar-refractivity contribution in [2.24, 2.45) is 4.99 Å². The van der Waals surface area contributed by atoms with E-state index >= 15 is 0 Å². The van der Waals surface area contributed by atoms with Crippen LogP contribution in [0.2, 0.25) is 0 Å². The second-order valence-electron chi connectivity index (χ2n) is 10.2. The van der Waals surface area contributed by atoms with Crippen LogP contribution in [0.25, 0.3) is 0 Å². The number of hydrogen-bond donors (Lipinski definition) is 0. The van der Waals surface area contributed by atoms with Crippen LogP contribution in [0.15, 0.2) is 107 Å². The zero-order chi connectivity index (χ0) is 25.2. The molecule has 3 aliphatic rings. The van der Waals surface area contributed by atoms with E-state index in [1.165, 1.54) is 51.4 Å². The summed E-state index contributed by atoms with van der Waals surface area (Å²) in [4.78, 5) is 7.88. The Kier molecular flexibility index (Phi) is 6.52. The van der Waals surface area contributed by atoms with Gasteiger partial charge in [-0.15, -0.1) is 0 Å². The molecule has 3 nitrogen and oxygen atoms in total. The number of piperidine rings is 1. The predicted molar refractivity (Wildman–Crippen MR) is 161 cm³/mol. The Morgan fingerprint density at radius 3 is 2.05 bits per heavy atom. The number of fused-ring (bicyclic) bond motifs is 2. The van der Waals surface area contributed by atoms with E-state index in [-0.39, 0.29) is 0 Å². The van der Waals surface area contributed by atoms with E-state index in [2.05, 4.69) is 120 Å². The molecule has 0 spiro atoms. The van der Waals surface area contributed by atoms with Crippen molar-refractivity contribution in [3.8, 4) is 0 Å². The lowest BCUT2D eigenvalue weighted by molar-refractivity contribution is -0.519. The monoisotopic (exact) mass is 502 g/mol. The normalized spacial score (nSPS) is 18.0. The maximum absolute atomic E-state index is 5.29. The van der Waals surface area contributed by atoms with Crippen molar-refractivity contribution in [3.05, 3.63) is 102 Å². The Labute approximate surface area is 222 Å². The highest BCUT2D eigenvalue weighted by Gasteiger charge is 2.49. The van der Waals surface area contributed by atoms with Gasteiger partial charge >= 0.3 is 0 Å². The zero-order valence-corrected chi connectivity index (χ0v) is 23.0. The van der Waals surface area contributed by atoms with Gasteiger partial charge in [-0.3, -0.25) is 0 Å². The summed E-state index contributed by atoms with van der Waals surface area (Å²) < 4.78 is 2.45. The van der Waals surface area contributed by atoms with Gasteiger partial charge in [-0.1, -0.05) is 60.7 Å². The zero-order valence-electron chi connectivity index (χ0n) is 22.0. The first-order valence-corrected chi connectivity index (χ1v) is 15.9. The van der Waals surface area contributed by atoms with E-state index in [4.69, 9.17) is 4.99 Å². The van der Waals surface area contributed by atoms with E-state index in [1.54, 1.807) is 0 Å². The van der Waals surface area contributed by atoms with Crippen molar-refractivity contribution in [2.75, 3.05) is 31.1 Å². The van der Waals surface area contributed by atoms with Gasteiger partial charge in [0.05, 0.1) is 11.4 Å². The van der Waals surface area contributed by atoms with Gasteiger partial charge in [0.25, 0.3) is 0 Å². The summed E-state index contributed by atoms with van der Waals surface area (Å²) in [5.74, 6) is 0. The molecule has 3 aromatic rings. The topological polar surface area (TPSA) is 18.6 Å². The van der Waals surface area contributed by atoms with E-state index in [1.807, 2.05) is 0 Å². The molecule has 0 bridgehead atoms. The highest BCUT2D eigenvalue weighted by atomic mass is 28.3. The van der Waals surface area contributed by atoms with Crippen LogP contribution >= 0.6 is 0 Å². The van der Waals surface area contributed by atoms with Crippen molar-refractivity contribution in [3.63, 3.8) is 0 Å². The van der Waals surface area contributed by atoms with Gasteiger partial charge in [0.2, 0.25) is 0 Å². The Bertz CT molecular complexity index is 1360. The summed E-state index contributed by atoms with van der Waals surface area (Å²) in [6, 6.07) is 29.6. The molecule has 3 aromatic carbocycles. The third kappa shape index (κ3) is 4.04. The van der Waals surface area contributed by atoms with Gasteiger partial charge in [-0.25, -0.2) is 9.57 Å². The fourth-order valence-corrected chi connectivity index (χ4v) is 11.4. The molecular formula is C33H36N3Si+. The molecule has 1 aliphatic carbocycles. The maximum atomic E-state index is 5.29. The number of aliphatic imine (C=N–C) groups is 1. The van der Waals surface area contributed by atoms with Gasteiger partial charge in [-0.2, -0.15) is 0 Å². The van der Waals surface area contributed by atoms with Crippen molar-refractivity contribution < 1.29 is 4.58 Å². The van der Waals surface area contributed by atoms with Crippen LogP contribution in [0, 0.1) is 0 Å². The predicted octanol–water partition coefficient (Wildman–Crippen LogP) is 4.76. The number of rotatable bonds is 5. The van der Waals surface area contributed by atoms with Gasteiger partial charge in [0.15, 0.2) is 13.8 Å². The third-order valence-electron chi connectivity index (χ3n) is 8.27. The summed E-state index contributed by atoms with van der Waals surface area (Å²) >= 11 is 0. The lowest BCUT2D eigenvalue weighted by Crippen LogP contribution is -2.71. The molecule has 186 valence electrons. The molecular weight excluding hydrogens is 466 g/mol. The number of anilines is 1. The molecule has 0 amide bonds. The quantitative estimate of drug-likeness (QED) is 0.280. The molecule has 0 saturated carbocycles. The van der Waals surface area contributed by atoms with Crippen molar-refractivity contribution in [2.45, 2.75) is 33.1 Å². The summed E-state index contributed by atoms with van der Waals surface area (Å²) in [6.07, 6.45) is 10.9. The van der Waals surface area contributed by atoms with Crippen LogP contribution < -0.4 is 20.5 Å². The van der Waals surface area contributed by atoms with Crippen LogP contribution in [0.1, 0.15) is 33.1 Å². The van der Waals surface area contributed by atoms with E-state index in [9.17, 15) is 0 Å². The van der Waals surface area contributed by atoms with Crippen LogP contribution in [-0.4, -0.2) is 50.3 Å². The molecule has 0 unspecified atom stereocenters. The molecule has 0 atom stereocenters. The summed E-state index contributed by atoms with van der Waals surface area (Å²) in [5.41, 5.74) is 4.88. The number of hydrogen-bond acceptors (Lipinski definition) is 2. The fourth-order valence-electron chi connectivity index (χ4n) is 6.42. The molecule has 1 fully saturated rings. The SMILES string of the molecule is CC[N+](CC)=C1C=CC2=Nc3ccc(N4CCCCC4)cc3[Si](c3ccccc3)(c3ccccc3)C2=C1. The first-order valence-electron chi connectivity index (χ1n) is 13.9. The molecule has 0 radical (unpaired) electrons. The minimum Gasteiger partial charge on any atom is -0.372 e. The number of nitrogens with zero attached hydrogens (tertiary/aromatic N) is 3.